The van der Waals surface area contributed by atoms with Crippen molar-refractivity contribution in [3.05, 3.63) is 131 Å². The van der Waals surface area contributed by atoms with Gasteiger partial charge in [-0.2, -0.15) is 0 Å². The first-order valence-electron chi connectivity index (χ1n) is 14.8. The van der Waals surface area contributed by atoms with Gasteiger partial charge in [-0.15, -0.1) is 0 Å². The zero-order chi connectivity index (χ0) is 31.7. The Labute approximate surface area is 261 Å². The Morgan fingerprint density at radius 2 is 1.36 bits per heavy atom. The maximum Gasteiger partial charge on any atom is 0.340 e. The molecule has 1 saturated heterocycles. The minimum Gasteiger partial charge on any atom is -0.339 e. The molecular weight excluding hydrogens is 587 g/mol. The van der Waals surface area contributed by atoms with E-state index in [4.69, 9.17) is 0 Å². The number of likely N-dealkylation sites (tertiary alicyclic amines) is 1. The first-order chi connectivity index (χ1) is 21.6. The summed E-state index contributed by atoms with van der Waals surface area (Å²) in [6, 6.07) is 31.4. The Bertz CT molecular complexity index is 1960. The average molecular weight is 621 g/mol. The molecule has 6 rings (SSSR count). The topological polar surface area (TPSA) is 115 Å². The summed E-state index contributed by atoms with van der Waals surface area (Å²) in [4.78, 5) is 65.6. The van der Waals surface area contributed by atoms with Crippen molar-refractivity contribution in [2.75, 3.05) is 20.1 Å². The van der Waals surface area contributed by atoms with E-state index in [-0.39, 0.29) is 34.5 Å². The lowest BCUT2D eigenvalue weighted by atomic mass is 9.92. The normalized spacial score (nSPS) is 14.8. The molecule has 2 N–H and O–H groups in total. The van der Waals surface area contributed by atoms with Gasteiger partial charge in [-0.1, -0.05) is 84.9 Å². The minimum absolute atomic E-state index is 0.0356. The molecule has 5 aromatic rings. The summed E-state index contributed by atoms with van der Waals surface area (Å²) in [5, 5.41) is 2.46. The Morgan fingerprint density at radius 3 is 2.04 bits per heavy atom. The predicted molar refractivity (Wildman–Crippen MR) is 174 cm³/mol. The van der Waals surface area contributed by atoms with E-state index >= 15 is 0 Å². The number of amides is 2. The van der Waals surface area contributed by atoms with Gasteiger partial charge < -0.3 is 19.6 Å². The van der Waals surface area contributed by atoms with E-state index < -0.39 is 19.0 Å². The van der Waals surface area contributed by atoms with Gasteiger partial charge in [-0.3, -0.25) is 18.9 Å². The van der Waals surface area contributed by atoms with Gasteiger partial charge in [0.15, 0.2) is 5.78 Å². The van der Waals surface area contributed by atoms with Gasteiger partial charge in [0.05, 0.1) is 0 Å². The van der Waals surface area contributed by atoms with E-state index in [0.717, 1.165) is 5.39 Å². The van der Waals surface area contributed by atoms with E-state index in [2.05, 4.69) is 0 Å². The van der Waals surface area contributed by atoms with E-state index in [1.807, 2.05) is 36.4 Å². The van der Waals surface area contributed by atoms with Crippen LogP contribution in [0.25, 0.3) is 21.5 Å². The van der Waals surface area contributed by atoms with Crippen molar-refractivity contribution in [3.63, 3.8) is 0 Å². The van der Waals surface area contributed by atoms with Crippen molar-refractivity contribution in [2.24, 2.45) is 0 Å². The van der Waals surface area contributed by atoms with E-state index in [9.17, 15) is 28.7 Å². The highest BCUT2D eigenvalue weighted by atomic mass is 31.2. The lowest BCUT2D eigenvalue weighted by Gasteiger charge is -2.37. The second kappa shape index (κ2) is 12.4. The summed E-state index contributed by atoms with van der Waals surface area (Å²) in [5.41, 5.74) is -0.548. The van der Waals surface area contributed by atoms with Crippen molar-refractivity contribution in [1.29, 1.82) is 0 Å². The third-order valence-corrected chi connectivity index (χ3v) is 9.90. The largest absolute Gasteiger partial charge is 0.340 e. The van der Waals surface area contributed by atoms with Gasteiger partial charge in [0.1, 0.15) is 5.66 Å². The molecule has 5 aromatic carbocycles. The molecule has 1 fully saturated rings. The molecular formula is C36H33N2O6P. The number of hydrogen-bond acceptors (Lipinski definition) is 4. The number of Topliss-reactive ketones (excluding diaryl/α,β-unsaturated/α-hetero) is 1. The number of nitrogens with zero attached hydrogens (tertiary/aromatic N) is 2. The van der Waals surface area contributed by atoms with E-state index in [0.29, 0.717) is 47.7 Å². The monoisotopic (exact) mass is 620 g/mol. The quantitative estimate of drug-likeness (QED) is 0.159. The third kappa shape index (κ3) is 6.05. The smallest absolute Gasteiger partial charge is 0.339 e. The van der Waals surface area contributed by atoms with E-state index in [1.54, 1.807) is 83.6 Å². The fourth-order valence-electron chi connectivity index (χ4n) is 6.34. The van der Waals surface area contributed by atoms with Crippen molar-refractivity contribution in [2.45, 2.75) is 24.5 Å². The highest BCUT2D eigenvalue weighted by Gasteiger charge is 2.39. The summed E-state index contributed by atoms with van der Waals surface area (Å²) in [5.74, 6) is -1.09. The standard InChI is InChI=1S/C36H33N2O6P/c1-37(28-18-20-38(21-19-28)36(41)25-11-3-2-4-12-25)35(40)27-22-26-13-6-8-16-30(26)32(23-27)33(39)34(45(42,43)44)31-17-9-14-24-10-5-7-15-29(24)31/h2-17,22-23,28,34H,18-21H2,1H3,(H2,42,43,44). The summed E-state index contributed by atoms with van der Waals surface area (Å²) in [6.45, 7) is 1.01. The molecule has 0 radical (unpaired) electrons. The van der Waals surface area contributed by atoms with Crippen molar-refractivity contribution in [3.8, 4) is 0 Å². The Morgan fingerprint density at radius 1 is 0.756 bits per heavy atom. The SMILES string of the molecule is CN(C(=O)c1cc(C(=O)C(c2cccc3ccccc23)P(=O)(O)O)c2ccccc2c1)C1CCN(C(=O)c2ccccc2)CC1. The van der Waals surface area contributed by atoms with Crippen LogP contribution in [-0.2, 0) is 4.57 Å². The number of benzene rings is 5. The lowest BCUT2D eigenvalue weighted by molar-refractivity contribution is 0.0569. The molecule has 0 bridgehead atoms. The van der Waals surface area contributed by atoms with Gasteiger partial charge in [0.25, 0.3) is 11.8 Å². The first kappa shape index (κ1) is 30.4. The van der Waals surface area contributed by atoms with Crippen LogP contribution in [0.15, 0.2) is 109 Å². The molecule has 0 saturated carbocycles. The van der Waals surface area contributed by atoms with Crippen LogP contribution >= 0.6 is 7.60 Å². The fourth-order valence-corrected chi connectivity index (χ4v) is 7.37. The highest BCUT2D eigenvalue weighted by Crippen LogP contribution is 2.55. The summed E-state index contributed by atoms with van der Waals surface area (Å²) >= 11 is 0. The molecule has 1 unspecified atom stereocenters. The molecule has 9 heteroatoms. The molecule has 1 aliphatic rings. The molecule has 1 atom stereocenters. The second-order valence-corrected chi connectivity index (χ2v) is 13.2. The van der Waals surface area contributed by atoms with Crippen molar-refractivity contribution in [1.82, 2.24) is 9.80 Å². The predicted octanol–water partition coefficient (Wildman–Crippen LogP) is 6.47. The number of ketones is 1. The van der Waals surface area contributed by atoms with Crippen LogP contribution in [-0.4, -0.2) is 63.4 Å². The summed E-state index contributed by atoms with van der Waals surface area (Å²) in [7, 11) is -3.28. The summed E-state index contributed by atoms with van der Waals surface area (Å²) in [6.07, 6.45) is 1.20. The lowest BCUT2D eigenvalue weighted by Crippen LogP contribution is -2.47. The van der Waals surface area contributed by atoms with Crippen LogP contribution in [0.2, 0.25) is 0 Å². The number of fused-ring (bicyclic) bond motifs is 2. The van der Waals surface area contributed by atoms with Crippen molar-refractivity contribution < 1.29 is 28.7 Å². The molecule has 228 valence electrons. The fraction of sp³-hybridized carbons (Fsp3) is 0.194. The van der Waals surface area contributed by atoms with Gasteiger partial charge in [0.2, 0.25) is 0 Å². The van der Waals surface area contributed by atoms with Gasteiger partial charge >= 0.3 is 7.60 Å². The Balaban J connectivity index is 1.31. The number of piperidine rings is 1. The number of rotatable bonds is 7. The summed E-state index contributed by atoms with van der Waals surface area (Å²) < 4.78 is 13.0. The molecule has 45 heavy (non-hydrogen) atoms. The van der Waals surface area contributed by atoms with Crippen LogP contribution in [0.4, 0.5) is 0 Å². The Hall–Kier alpha value is -4.62. The second-order valence-electron chi connectivity index (χ2n) is 11.5. The first-order valence-corrected chi connectivity index (χ1v) is 16.5. The number of hydrogen-bond donors (Lipinski definition) is 2. The van der Waals surface area contributed by atoms with Gasteiger partial charge in [-0.05, 0) is 64.2 Å². The molecule has 2 amide bonds. The third-order valence-electron chi connectivity index (χ3n) is 8.72. The Kier molecular flexibility index (Phi) is 8.38. The number of carbonyl (C=O) groups excluding carboxylic acids is 3. The van der Waals surface area contributed by atoms with Crippen LogP contribution in [0.1, 0.15) is 55.1 Å². The van der Waals surface area contributed by atoms with E-state index in [1.165, 1.54) is 6.07 Å². The average Bonchev–Trinajstić information content (AvgIpc) is 3.06. The molecule has 1 heterocycles. The molecule has 0 spiro atoms. The van der Waals surface area contributed by atoms with Crippen LogP contribution in [0.5, 0.6) is 0 Å². The molecule has 1 aliphatic heterocycles. The molecule has 8 nitrogen and oxygen atoms in total. The maximum atomic E-state index is 14.3. The van der Waals surface area contributed by atoms with Crippen LogP contribution in [0, 0.1) is 0 Å². The zero-order valence-electron chi connectivity index (χ0n) is 24.7. The zero-order valence-corrected chi connectivity index (χ0v) is 25.6. The molecule has 0 aromatic heterocycles. The maximum absolute atomic E-state index is 14.3. The molecule has 0 aliphatic carbocycles. The van der Waals surface area contributed by atoms with Crippen molar-refractivity contribution >= 4 is 46.7 Å². The number of carbonyl (C=O) groups is 3. The van der Waals surface area contributed by atoms with Crippen LogP contribution in [0.3, 0.4) is 0 Å². The van der Waals surface area contributed by atoms with Gasteiger partial charge in [0, 0.05) is 42.9 Å². The highest BCUT2D eigenvalue weighted by molar-refractivity contribution is 7.53. The van der Waals surface area contributed by atoms with Crippen LogP contribution < -0.4 is 0 Å². The van der Waals surface area contributed by atoms with Gasteiger partial charge in [-0.25, -0.2) is 0 Å². The minimum atomic E-state index is -5.00.